The van der Waals surface area contributed by atoms with E-state index in [0.29, 0.717) is 18.7 Å². The Bertz CT molecular complexity index is 912. The standard InChI is InChI=1S/C21H24N2O3S/c1-14-19(12-22-11-18-5-4-10-27-18)20(21(24)25)15(2)23(14)13-16-6-8-17(26-3)9-7-16/h4-10,22H,11-13H2,1-3H3,(H,24,25). The van der Waals surface area contributed by atoms with Crippen LogP contribution in [0.5, 0.6) is 5.75 Å². The molecule has 0 saturated heterocycles. The second kappa shape index (κ2) is 8.41. The SMILES string of the molecule is COc1ccc(Cn2c(C)c(CNCc3cccs3)c(C(=O)O)c2C)cc1. The van der Waals surface area contributed by atoms with Crippen LogP contribution < -0.4 is 10.1 Å². The van der Waals surface area contributed by atoms with Gasteiger partial charge in [0.15, 0.2) is 0 Å². The molecule has 0 saturated carbocycles. The second-order valence-electron chi connectivity index (χ2n) is 6.45. The normalized spacial score (nSPS) is 10.9. The van der Waals surface area contributed by atoms with E-state index in [2.05, 4.69) is 16.0 Å². The van der Waals surface area contributed by atoms with Crippen molar-refractivity contribution in [3.05, 3.63) is 74.7 Å². The zero-order valence-corrected chi connectivity index (χ0v) is 16.6. The fourth-order valence-electron chi connectivity index (χ4n) is 3.32. The Morgan fingerprint density at radius 1 is 1.15 bits per heavy atom. The predicted molar refractivity (Wildman–Crippen MR) is 108 cm³/mol. The highest BCUT2D eigenvalue weighted by molar-refractivity contribution is 7.09. The average Bonchev–Trinajstić information content (AvgIpc) is 3.25. The van der Waals surface area contributed by atoms with Crippen LogP contribution >= 0.6 is 11.3 Å². The highest BCUT2D eigenvalue weighted by atomic mass is 32.1. The summed E-state index contributed by atoms with van der Waals surface area (Å²) in [7, 11) is 1.64. The Hall–Kier alpha value is -2.57. The number of rotatable bonds is 8. The van der Waals surface area contributed by atoms with Crippen LogP contribution in [0.3, 0.4) is 0 Å². The molecule has 27 heavy (non-hydrogen) atoms. The summed E-state index contributed by atoms with van der Waals surface area (Å²) < 4.78 is 7.28. The summed E-state index contributed by atoms with van der Waals surface area (Å²) in [5.41, 5.74) is 4.12. The summed E-state index contributed by atoms with van der Waals surface area (Å²) in [6.07, 6.45) is 0. The Morgan fingerprint density at radius 3 is 2.48 bits per heavy atom. The lowest BCUT2D eigenvalue weighted by Crippen LogP contribution is -2.15. The summed E-state index contributed by atoms with van der Waals surface area (Å²) in [6, 6.07) is 11.9. The van der Waals surface area contributed by atoms with Crippen LogP contribution in [-0.4, -0.2) is 22.8 Å². The molecule has 3 aromatic rings. The van der Waals surface area contributed by atoms with Crippen molar-refractivity contribution in [3.63, 3.8) is 0 Å². The van der Waals surface area contributed by atoms with E-state index in [1.807, 2.05) is 49.6 Å². The number of hydrogen-bond acceptors (Lipinski definition) is 4. The minimum atomic E-state index is -0.878. The molecular formula is C21H24N2O3S. The molecule has 0 bridgehead atoms. The van der Waals surface area contributed by atoms with Crippen LogP contribution in [0.2, 0.25) is 0 Å². The molecule has 5 nitrogen and oxygen atoms in total. The number of benzene rings is 1. The minimum absolute atomic E-state index is 0.402. The van der Waals surface area contributed by atoms with Gasteiger partial charge in [0.2, 0.25) is 0 Å². The summed E-state index contributed by atoms with van der Waals surface area (Å²) >= 11 is 1.69. The van der Waals surface area contributed by atoms with Crippen molar-refractivity contribution in [2.45, 2.75) is 33.5 Å². The summed E-state index contributed by atoms with van der Waals surface area (Å²) in [5.74, 6) is -0.0682. The van der Waals surface area contributed by atoms with E-state index >= 15 is 0 Å². The van der Waals surface area contributed by atoms with Crippen LogP contribution in [0.25, 0.3) is 0 Å². The van der Waals surface area contributed by atoms with Crippen molar-refractivity contribution in [2.24, 2.45) is 0 Å². The minimum Gasteiger partial charge on any atom is -0.497 e. The molecule has 2 N–H and O–H groups in total. The summed E-state index contributed by atoms with van der Waals surface area (Å²) in [6.45, 7) is 5.77. The van der Waals surface area contributed by atoms with Gasteiger partial charge in [-0.25, -0.2) is 4.79 Å². The molecule has 6 heteroatoms. The molecule has 0 spiro atoms. The van der Waals surface area contributed by atoms with E-state index in [0.717, 1.165) is 34.8 Å². The molecule has 3 rings (SSSR count). The molecule has 142 valence electrons. The molecule has 0 radical (unpaired) electrons. The smallest absolute Gasteiger partial charge is 0.337 e. The van der Waals surface area contributed by atoms with E-state index in [4.69, 9.17) is 4.74 Å². The van der Waals surface area contributed by atoms with Crippen molar-refractivity contribution >= 4 is 17.3 Å². The number of nitrogens with one attached hydrogen (secondary N) is 1. The zero-order valence-electron chi connectivity index (χ0n) is 15.8. The van der Waals surface area contributed by atoms with Gasteiger partial charge in [0.05, 0.1) is 12.7 Å². The van der Waals surface area contributed by atoms with Crippen LogP contribution in [-0.2, 0) is 19.6 Å². The van der Waals surface area contributed by atoms with Gasteiger partial charge in [-0.15, -0.1) is 11.3 Å². The van der Waals surface area contributed by atoms with E-state index in [-0.39, 0.29) is 0 Å². The molecule has 0 amide bonds. The lowest BCUT2D eigenvalue weighted by Gasteiger charge is -2.11. The van der Waals surface area contributed by atoms with Crippen molar-refractivity contribution in [1.82, 2.24) is 9.88 Å². The maximum atomic E-state index is 11.9. The van der Waals surface area contributed by atoms with Crippen molar-refractivity contribution in [3.8, 4) is 5.75 Å². The third kappa shape index (κ3) is 4.23. The molecule has 0 fully saturated rings. The molecular weight excluding hydrogens is 360 g/mol. The fraction of sp³-hybridized carbons (Fsp3) is 0.286. The van der Waals surface area contributed by atoms with E-state index in [1.54, 1.807) is 18.4 Å². The molecule has 0 aliphatic heterocycles. The largest absolute Gasteiger partial charge is 0.497 e. The van der Waals surface area contributed by atoms with Gasteiger partial charge < -0.3 is 19.7 Å². The first-order valence-corrected chi connectivity index (χ1v) is 9.67. The van der Waals surface area contributed by atoms with E-state index in [9.17, 15) is 9.90 Å². The van der Waals surface area contributed by atoms with E-state index < -0.39 is 5.97 Å². The number of nitrogens with zero attached hydrogens (tertiary/aromatic N) is 1. The molecule has 0 atom stereocenters. The highest BCUT2D eigenvalue weighted by Crippen LogP contribution is 2.24. The van der Waals surface area contributed by atoms with Crippen LogP contribution in [0, 0.1) is 13.8 Å². The van der Waals surface area contributed by atoms with Gasteiger partial charge in [-0.3, -0.25) is 0 Å². The van der Waals surface area contributed by atoms with Crippen molar-refractivity contribution < 1.29 is 14.6 Å². The van der Waals surface area contributed by atoms with Gasteiger partial charge in [0.1, 0.15) is 5.75 Å². The third-order valence-corrected chi connectivity index (χ3v) is 5.68. The van der Waals surface area contributed by atoms with Crippen LogP contribution in [0.15, 0.2) is 41.8 Å². The zero-order chi connectivity index (χ0) is 19.4. The van der Waals surface area contributed by atoms with Crippen LogP contribution in [0.1, 0.15) is 37.7 Å². The number of aromatic carboxylic acids is 1. The Kier molecular flexibility index (Phi) is 5.98. The number of hydrogen-bond donors (Lipinski definition) is 2. The number of aromatic nitrogens is 1. The van der Waals surface area contributed by atoms with Gasteiger partial charge in [-0.2, -0.15) is 0 Å². The van der Waals surface area contributed by atoms with Crippen molar-refractivity contribution in [2.75, 3.05) is 7.11 Å². The maximum absolute atomic E-state index is 11.9. The Balaban J connectivity index is 1.84. The van der Waals surface area contributed by atoms with Crippen LogP contribution in [0.4, 0.5) is 0 Å². The first-order chi connectivity index (χ1) is 13.0. The molecule has 2 heterocycles. The van der Waals surface area contributed by atoms with Gasteiger partial charge >= 0.3 is 5.97 Å². The summed E-state index contributed by atoms with van der Waals surface area (Å²) in [5, 5.41) is 15.2. The summed E-state index contributed by atoms with van der Waals surface area (Å²) in [4.78, 5) is 13.1. The number of ether oxygens (including phenoxy) is 1. The number of carboxylic acid groups (broad SMARTS) is 1. The maximum Gasteiger partial charge on any atom is 0.337 e. The average molecular weight is 385 g/mol. The third-order valence-electron chi connectivity index (χ3n) is 4.80. The number of methoxy groups -OCH3 is 1. The number of thiophene rings is 1. The number of carbonyl (C=O) groups is 1. The monoisotopic (exact) mass is 384 g/mol. The topological polar surface area (TPSA) is 63.5 Å². The highest BCUT2D eigenvalue weighted by Gasteiger charge is 2.22. The van der Waals surface area contributed by atoms with Gasteiger partial charge in [0.25, 0.3) is 0 Å². The first kappa shape index (κ1) is 19.2. The molecule has 0 aliphatic rings. The molecule has 2 aromatic heterocycles. The van der Waals surface area contributed by atoms with Gasteiger partial charge in [-0.05, 0) is 43.0 Å². The second-order valence-corrected chi connectivity index (χ2v) is 7.48. The molecule has 1 aromatic carbocycles. The van der Waals surface area contributed by atoms with Crippen molar-refractivity contribution in [1.29, 1.82) is 0 Å². The Labute approximate surface area is 163 Å². The Morgan fingerprint density at radius 2 is 1.89 bits per heavy atom. The van der Waals surface area contributed by atoms with Gasteiger partial charge in [0, 0.05) is 41.5 Å². The van der Waals surface area contributed by atoms with E-state index in [1.165, 1.54) is 4.88 Å². The predicted octanol–water partition coefficient (Wildman–Crippen LogP) is 4.21. The first-order valence-electron chi connectivity index (χ1n) is 8.79. The number of carboxylic acids is 1. The lowest BCUT2D eigenvalue weighted by molar-refractivity contribution is 0.0694. The lowest BCUT2D eigenvalue weighted by atomic mass is 10.1. The fourth-order valence-corrected chi connectivity index (χ4v) is 4.00. The molecule has 0 aliphatic carbocycles. The quantitative estimate of drug-likeness (QED) is 0.611. The molecule has 0 unspecified atom stereocenters. The van der Waals surface area contributed by atoms with Gasteiger partial charge in [-0.1, -0.05) is 18.2 Å².